The van der Waals surface area contributed by atoms with Crippen LogP contribution < -0.4 is 4.74 Å². The van der Waals surface area contributed by atoms with E-state index in [1.807, 2.05) is 0 Å². The summed E-state index contributed by atoms with van der Waals surface area (Å²) in [5.74, 6) is -1.28. The molecule has 0 bridgehead atoms. The van der Waals surface area contributed by atoms with Crippen molar-refractivity contribution in [1.29, 1.82) is 5.26 Å². The molecule has 0 spiro atoms. The van der Waals surface area contributed by atoms with Crippen LogP contribution in [-0.4, -0.2) is 11.7 Å². The number of nitrogens with zero attached hydrogens (tertiary/aromatic N) is 1. The van der Waals surface area contributed by atoms with E-state index >= 15 is 0 Å². The Kier molecular flexibility index (Phi) is 3.52. The third-order valence-corrected chi connectivity index (χ3v) is 1.66. The summed E-state index contributed by atoms with van der Waals surface area (Å²) >= 11 is 0. The minimum Gasteiger partial charge on any atom is -0.434 e. The second-order valence-electron chi connectivity index (χ2n) is 2.59. The van der Waals surface area contributed by atoms with Gasteiger partial charge in [-0.1, -0.05) is 0 Å². The fourth-order valence-corrected chi connectivity index (χ4v) is 1.01. The largest absolute Gasteiger partial charge is 0.434 e. The maximum Gasteiger partial charge on any atom is 0.387 e. The molecule has 1 aromatic rings. The van der Waals surface area contributed by atoms with Gasteiger partial charge in [0.1, 0.15) is 17.6 Å². The summed E-state index contributed by atoms with van der Waals surface area (Å²) in [6.07, 6.45) is 0. The zero-order chi connectivity index (χ0) is 11.4. The van der Waals surface area contributed by atoms with E-state index in [1.54, 1.807) is 0 Å². The molecule has 0 atom stereocenters. The maximum absolute atomic E-state index is 13.0. The quantitative estimate of drug-likeness (QED) is 0.839. The number of hydrogen-bond donors (Lipinski definition) is 1. The molecule has 0 amide bonds. The van der Waals surface area contributed by atoms with Gasteiger partial charge in [0.2, 0.25) is 0 Å². The van der Waals surface area contributed by atoms with E-state index < -0.39 is 30.3 Å². The number of hydrogen-bond acceptors (Lipinski definition) is 3. The summed E-state index contributed by atoms with van der Waals surface area (Å²) < 4.78 is 40.8. The van der Waals surface area contributed by atoms with Gasteiger partial charge >= 0.3 is 6.61 Å². The van der Waals surface area contributed by atoms with Gasteiger partial charge in [-0.25, -0.2) is 4.39 Å². The Hall–Kier alpha value is -1.74. The molecule has 1 rings (SSSR count). The van der Waals surface area contributed by atoms with Crippen molar-refractivity contribution in [3.63, 3.8) is 0 Å². The first-order valence-electron chi connectivity index (χ1n) is 3.86. The highest BCUT2D eigenvalue weighted by atomic mass is 19.3. The lowest BCUT2D eigenvalue weighted by Gasteiger charge is -2.09. The lowest BCUT2D eigenvalue weighted by atomic mass is 10.1. The van der Waals surface area contributed by atoms with E-state index in [0.717, 1.165) is 12.1 Å². The van der Waals surface area contributed by atoms with Gasteiger partial charge in [0.25, 0.3) is 0 Å². The number of nitriles is 1. The van der Waals surface area contributed by atoms with Crippen LogP contribution in [0.2, 0.25) is 0 Å². The van der Waals surface area contributed by atoms with Crippen LogP contribution in [0, 0.1) is 17.1 Å². The highest BCUT2D eigenvalue weighted by molar-refractivity contribution is 5.43. The normalized spacial score (nSPS) is 10.1. The number of rotatable bonds is 3. The van der Waals surface area contributed by atoms with Gasteiger partial charge in [-0.05, 0) is 6.07 Å². The summed E-state index contributed by atoms with van der Waals surface area (Å²) in [5, 5.41) is 17.2. The molecule has 0 aliphatic carbocycles. The Morgan fingerprint density at radius 3 is 2.60 bits per heavy atom. The first kappa shape index (κ1) is 11.3. The van der Waals surface area contributed by atoms with Gasteiger partial charge in [0.05, 0.1) is 12.2 Å². The Bertz CT molecular complexity index is 401. The van der Waals surface area contributed by atoms with Crippen LogP contribution in [0.3, 0.4) is 0 Å². The molecule has 0 aromatic heterocycles. The third kappa shape index (κ3) is 2.60. The fraction of sp³-hybridized carbons (Fsp3) is 0.222. The number of halogens is 3. The van der Waals surface area contributed by atoms with Crippen molar-refractivity contribution < 1.29 is 23.0 Å². The fourth-order valence-electron chi connectivity index (χ4n) is 1.01. The molecule has 6 heteroatoms. The number of benzene rings is 1. The lowest BCUT2D eigenvalue weighted by Crippen LogP contribution is -2.05. The molecule has 0 aliphatic heterocycles. The lowest BCUT2D eigenvalue weighted by molar-refractivity contribution is -0.0510. The summed E-state index contributed by atoms with van der Waals surface area (Å²) in [5.41, 5.74) is -0.547. The number of ether oxygens (including phenoxy) is 1. The molecule has 80 valence electrons. The van der Waals surface area contributed by atoms with Crippen LogP contribution in [0.1, 0.15) is 11.1 Å². The van der Waals surface area contributed by atoms with Crippen molar-refractivity contribution in [3.05, 3.63) is 29.1 Å². The van der Waals surface area contributed by atoms with Crippen LogP contribution in [0.4, 0.5) is 13.2 Å². The van der Waals surface area contributed by atoms with Crippen molar-refractivity contribution >= 4 is 0 Å². The average Bonchev–Trinajstić information content (AvgIpc) is 2.19. The third-order valence-electron chi connectivity index (χ3n) is 1.66. The number of aliphatic hydroxyl groups excluding tert-OH is 1. The Morgan fingerprint density at radius 1 is 1.47 bits per heavy atom. The summed E-state index contributed by atoms with van der Waals surface area (Å²) in [4.78, 5) is 0. The average molecular weight is 217 g/mol. The molecule has 0 saturated heterocycles. The number of aliphatic hydroxyl groups is 1. The zero-order valence-corrected chi connectivity index (χ0v) is 7.38. The predicted octanol–water partition coefficient (Wildman–Crippen LogP) is 1.79. The first-order chi connectivity index (χ1) is 7.08. The Labute approximate surface area is 83.3 Å². The SMILES string of the molecule is N#Cc1cc(OC(F)F)c(CO)cc1F. The zero-order valence-electron chi connectivity index (χ0n) is 7.38. The highest BCUT2D eigenvalue weighted by Gasteiger charge is 2.13. The Morgan fingerprint density at radius 2 is 2.13 bits per heavy atom. The molecule has 1 N–H and O–H groups in total. The van der Waals surface area contributed by atoms with Gasteiger partial charge in [0, 0.05) is 11.6 Å². The van der Waals surface area contributed by atoms with Gasteiger partial charge in [-0.2, -0.15) is 14.0 Å². The van der Waals surface area contributed by atoms with E-state index in [1.165, 1.54) is 6.07 Å². The molecule has 0 radical (unpaired) electrons. The van der Waals surface area contributed by atoms with Crippen molar-refractivity contribution in [2.45, 2.75) is 13.2 Å². The van der Waals surface area contributed by atoms with E-state index in [9.17, 15) is 13.2 Å². The molecule has 0 heterocycles. The van der Waals surface area contributed by atoms with Gasteiger partial charge in [-0.3, -0.25) is 0 Å². The van der Waals surface area contributed by atoms with Crippen LogP contribution in [0.15, 0.2) is 12.1 Å². The van der Waals surface area contributed by atoms with E-state index in [-0.39, 0.29) is 5.56 Å². The topological polar surface area (TPSA) is 53.2 Å². The molecular formula is C9H6F3NO2. The highest BCUT2D eigenvalue weighted by Crippen LogP contribution is 2.24. The smallest absolute Gasteiger partial charge is 0.387 e. The molecule has 15 heavy (non-hydrogen) atoms. The standard InChI is InChI=1S/C9H6F3NO2/c10-7-1-6(4-14)8(15-9(11)12)2-5(7)3-13/h1-2,9,14H,4H2. The van der Waals surface area contributed by atoms with Gasteiger partial charge in [0.15, 0.2) is 0 Å². The van der Waals surface area contributed by atoms with Gasteiger partial charge in [-0.15, -0.1) is 0 Å². The van der Waals surface area contributed by atoms with Gasteiger partial charge < -0.3 is 9.84 Å². The van der Waals surface area contributed by atoms with E-state index in [2.05, 4.69) is 4.74 Å². The summed E-state index contributed by atoms with van der Waals surface area (Å²) in [6.45, 7) is -3.74. The maximum atomic E-state index is 13.0. The van der Waals surface area contributed by atoms with Crippen LogP contribution in [-0.2, 0) is 6.61 Å². The molecule has 1 aromatic carbocycles. The van der Waals surface area contributed by atoms with Crippen molar-refractivity contribution in [1.82, 2.24) is 0 Å². The second-order valence-corrected chi connectivity index (χ2v) is 2.59. The monoisotopic (exact) mass is 217 g/mol. The van der Waals surface area contributed by atoms with Crippen molar-refractivity contribution in [3.8, 4) is 11.8 Å². The second kappa shape index (κ2) is 4.66. The van der Waals surface area contributed by atoms with Crippen LogP contribution >= 0.6 is 0 Å². The van der Waals surface area contributed by atoms with Crippen LogP contribution in [0.5, 0.6) is 5.75 Å². The molecule has 0 saturated carbocycles. The van der Waals surface area contributed by atoms with Crippen molar-refractivity contribution in [2.24, 2.45) is 0 Å². The van der Waals surface area contributed by atoms with E-state index in [4.69, 9.17) is 10.4 Å². The number of alkyl halides is 2. The molecule has 0 fully saturated rings. The molecule has 3 nitrogen and oxygen atoms in total. The summed E-state index contributed by atoms with van der Waals surface area (Å²) in [7, 11) is 0. The van der Waals surface area contributed by atoms with Crippen LogP contribution in [0.25, 0.3) is 0 Å². The first-order valence-corrected chi connectivity index (χ1v) is 3.86. The molecule has 0 unspecified atom stereocenters. The molecule has 0 aliphatic rings. The minimum absolute atomic E-state index is 0.133. The molecular weight excluding hydrogens is 211 g/mol. The summed E-state index contributed by atoms with van der Waals surface area (Å²) in [6, 6.07) is 3.09. The minimum atomic E-state index is -3.09. The van der Waals surface area contributed by atoms with E-state index in [0.29, 0.717) is 0 Å². The van der Waals surface area contributed by atoms with Crippen molar-refractivity contribution in [2.75, 3.05) is 0 Å². The Balaban J connectivity index is 3.18. The predicted molar refractivity (Wildman–Crippen MR) is 43.7 cm³/mol.